The second kappa shape index (κ2) is 3.21. The van der Waals surface area contributed by atoms with Crippen LogP contribution < -0.4 is 5.32 Å². The van der Waals surface area contributed by atoms with Crippen LogP contribution in [0.4, 0.5) is 0 Å². The first kappa shape index (κ1) is 7.82. The molecular formula is C7H10BrNO. The molecule has 2 nitrogen and oxygen atoms in total. The van der Waals surface area contributed by atoms with Crippen molar-refractivity contribution in [2.45, 2.75) is 13.5 Å². The summed E-state index contributed by atoms with van der Waals surface area (Å²) >= 11 is 3.36. The summed E-state index contributed by atoms with van der Waals surface area (Å²) < 4.78 is 6.38. The van der Waals surface area contributed by atoms with Crippen LogP contribution >= 0.6 is 15.9 Å². The Kier molecular flexibility index (Phi) is 2.51. The van der Waals surface area contributed by atoms with Crippen molar-refractivity contribution < 1.29 is 4.42 Å². The molecule has 10 heavy (non-hydrogen) atoms. The molecule has 56 valence electrons. The molecule has 1 heterocycles. The van der Waals surface area contributed by atoms with Crippen molar-refractivity contribution in [3.8, 4) is 0 Å². The number of hydrogen-bond acceptors (Lipinski definition) is 2. The van der Waals surface area contributed by atoms with Crippen molar-refractivity contribution in [1.82, 2.24) is 5.32 Å². The van der Waals surface area contributed by atoms with Gasteiger partial charge >= 0.3 is 0 Å². The van der Waals surface area contributed by atoms with Gasteiger partial charge in [-0.15, -0.1) is 0 Å². The number of nitrogens with one attached hydrogen (secondary N) is 1. The van der Waals surface area contributed by atoms with Crippen molar-refractivity contribution in [2.75, 3.05) is 7.05 Å². The fourth-order valence-electron chi connectivity index (χ4n) is 0.779. The van der Waals surface area contributed by atoms with Gasteiger partial charge in [-0.3, -0.25) is 0 Å². The summed E-state index contributed by atoms with van der Waals surface area (Å²) in [6.07, 6.45) is 0. The van der Waals surface area contributed by atoms with E-state index in [-0.39, 0.29) is 0 Å². The van der Waals surface area contributed by atoms with E-state index in [1.165, 1.54) is 0 Å². The minimum atomic E-state index is 0.784. The Balaban J connectivity index is 2.77. The van der Waals surface area contributed by atoms with E-state index in [0.29, 0.717) is 0 Å². The maximum absolute atomic E-state index is 5.35. The Morgan fingerprint density at radius 3 is 2.80 bits per heavy atom. The fraction of sp³-hybridized carbons (Fsp3) is 0.429. The van der Waals surface area contributed by atoms with Gasteiger partial charge in [0.1, 0.15) is 11.5 Å². The molecule has 0 aliphatic heterocycles. The zero-order valence-corrected chi connectivity index (χ0v) is 7.66. The molecule has 0 saturated carbocycles. The lowest BCUT2D eigenvalue weighted by molar-refractivity contribution is 0.470. The molecule has 0 spiro atoms. The lowest BCUT2D eigenvalue weighted by atomic mass is 10.4. The third-order valence-corrected chi connectivity index (χ3v) is 2.05. The monoisotopic (exact) mass is 203 g/mol. The van der Waals surface area contributed by atoms with E-state index in [0.717, 1.165) is 22.5 Å². The van der Waals surface area contributed by atoms with Gasteiger partial charge in [0, 0.05) is 0 Å². The Bertz CT molecular complexity index is 200. The van der Waals surface area contributed by atoms with Gasteiger partial charge in [-0.2, -0.15) is 0 Å². The first-order chi connectivity index (χ1) is 4.74. The van der Waals surface area contributed by atoms with Gasteiger partial charge < -0.3 is 9.73 Å². The number of aryl methyl sites for hydroxylation is 1. The van der Waals surface area contributed by atoms with Crippen LogP contribution in [0, 0.1) is 6.92 Å². The maximum atomic E-state index is 5.35. The van der Waals surface area contributed by atoms with Crippen LogP contribution in [-0.2, 0) is 6.54 Å². The Morgan fingerprint density at radius 2 is 2.40 bits per heavy atom. The Labute approximate surface area is 68.7 Å². The molecule has 0 amide bonds. The van der Waals surface area contributed by atoms with Gasteiger partial charge in [0.2, 0.25) is 0 Å². The van der Waals surface area contributed by atoms with Crippen LogP contribution in [0.1, 0.15) is 11.5 Å². The molecule has 0 aromatic carbocycles. The molecule has 1 aromatic rings. The molecule has 0 aliphatic rings. The number of rotatable bonds is 2. The predicted molar refractivity (Wildman–Crippen MR) is 43.9 cm³/mol. The average molecular weight is 204 g/mol. The standard InChI is InChI=1S/C7H10BrNO/c1-5-7(8)3-6(10-5)4-9-2/h3,9H,4H2,1-2H3. The highest BCUT2D eigenvalue weighted by Gasteiger charge is 2.01. The summed E-state index contributed by atoms with van der Waals surface area (Å²) in [6.45, 7) is 2.72. The second-order valence-electron chi connectivity index (χ2n) is 2.15. The molecule has 0 fully saturated rings. The minimum absolute atomic E-state index is 0.784. The van der Waals surface area contributed by atoms with E-state index in [4.69, 9.17) is 4.42 Å². The van der Waals surface area contributed by atoms with Crippen molar-refractivity contribution in [3.05, 3.63) is 22.1 Å². The van der Waals surface area contributed by atoms with E-state index in [1.54, 1.807) is 0 Å². The van der Waals surface area contributed by atoms with Gasteiger partial charge in [-0.25, -0.2) is 0 Å². The van der Waals surface area contributed by atoms with Crippen molar-refractivity contribution in [2.24, 2.45) is 0 Å². The molecule has 0 radical (unpaired) electrons. The summed E-state index contributed by atoms with van der Waals surface area (Å²) in [5, 5.41) is 3.01. The lowest BCUT2D eigenvalue weighted by Crippen LogP contribution is -2.03. The van der Waals surface area contributed by atoms with Crippen molar-refractivity contribution >= 4 is 15.9 Å². The van der Waals surface area contributed by atoms with Gasteiger partial charge in [0.15, 0.2) is 0 Å². The molecule has 0 aliphatic carbocycles. The Morgan fingerprint density at radius 1 is 1.70 bits per heavy atom. The summed E-state index contributed by atoms with van der Waals surface area (Å²) in [5.74, 6) is 1.90. The van der Waals surface area contributed by atoms with Crippen molar-refractivity contribution in [3.63, 3.8) is 0 Å². The molecule has 1 rings (SSSR count). The molecule has 1 aromatic heterocycles. The van der Waals surface area contributed by atoms with E-state index >= 15 is 0 Å². The number of furan rings is 1. The SMILES string of the molecule is CNCc1cc(Br)c(C)o1. The largest absolute Gasteiger partial charge is 0.464 e. The molecule has 3 heteroatoms. The van der Waals surface area contributed by atoms with Gasteiger partial charge in [-0.1, -0.05) is 0 Å². The summed E-state index contributed by atoms with van der Waals surface area (Å²) in [5.41, 5.74) is 0. The van der Waals surface area contributed by atoms with Crippen LogP contribution in [0.2, 0.25) is 0 Å². The van der Waals surface area contributed by atoms with Crippen LogP contribution in [-0.4, -0.2) is 7.05 Å². The van der Waals surface area contributed by atoms with Crippen LogP contribution in [0.3, 0.4) is 0 Å². The quantitative estimate of drug-likeness (QED) is 0.797. The molecular weight excluding hydrogens is 194 g/mol. The van der Waals surface area contributed by atoms with Crippen LogP contribution in [0.15, 0.2) is 15.0 Å². The van der Waals surface area contributed by atoms with E-state index in [2.05, 4.69) is 21.2 Å². The first-order valence-electron chi connectivity index (χ1n) is 3.13. The summed E-state index contributed by atoms with van der Waals surface area (Å²) in [7, 11) is 1.89. The highest BCUT2D eigenvalue weighted by Crippen LogP contribution is 2.19. The summed E-state index contributed by atoms with van der Waals surface area (Å²) in [6, 6.07) is 1.98. The zero-order chi connectivity index (χ0) is 7.56. The molecule has 1 N–H and O–H groups in total. The topological polar surface area (TPSA) is 25.2 Å². The van der Waals surface area contributed by atoms with E-state index < -0.39 is 0 Å². The normalized spacial score (nSPS) is 10.3. The Hall–Kier alpha value is -0.280. The minimum Gasteiger partial charge on any atom is -0.464 e. The fourth-order valence-corrected chi connectivity index (χ4v) is 1.12. The number of hydrogen-bond donors (Lipinski definition) is 1. The predicted octanol–water partition coefficient (Wildman–Crippen LogP) is 2.07. The van der Waals surface area contributed by atoms with E-state index in [9.17, 15) is 0 Å². The van der Waals surface area contributed by atoms with Crippen LogP contribution in [0.5, 0.6) is 0 Å². The molecule has 0 saturated heterocycles. The van der Waals surface area contributed by atoms with Gasteiger partial charge in [0.25, 0.3) is 0 Å². The van der Waals surface area contributed by atoms with Gasteiger partial charge in [-0.05, 0) is 36.0 Å². The highest BCUT2D eigenvalue weighted by atomic mass is 79.9. The van der Waals surface area contributed by atoms with E-state index in [1.807, 2.05) is 20.0 Å². The third kappa shape index (κ3) is 1.61. The number of halogens is 1. The second-order valence-corrected chi connectivity index (χ2v) is 3.00. The third-order valence-electron chi connectivity index (χ3n) is 1.26. The maximum Gasteiger partial charge on any atom is 0.119 e. The first-order valence-corrected chi connectivity index (χ1v) is 3.92. The smallest absolute Gasteiger partial charge is 0.119 e. The zero-order valence-electron chi connectivity index (χ0n) is 6.07. The van der Waals surface area contributed by atoms with Crippen LogP contribution in [0.25, 0.3) is 0 Å². The lowest BCUT2D eigenvalue weighted by Gasteiger charge is -1.90. The van der Waals surface area contributed by atoms with Gasteiger partial charge in [0.05, 0.1) is 11.0 Å². The molecule has 0 atom stereocenters. The summed E-state index contributed by atoms with van der Waals surface area (Å²) in [4.78, 5) is 0. The average Bonchev–Trinajstić information content (AvgIpc) is 2.14. The van der Waals surface area contributed by atoms with Crippen molar-refractivity contribution in [1.29, 1.82) is 0 Å². The molecule has 0 unspecified atom stereocenters. The highest BCUT2D eigenvalue weighted by molar-refractivity contribution is 9.10. The molecule has 0 bridgehead atoms.